The Kier molecular flexibility index (Phi) is 5.27. The molecule has 2 aliphatic rings. The molecule has 2 amide bonds. The molecule has 0 saturated carbocycles. The van der Waals surface area contributed by atoms with Crippen LogP contribution < -0.4 is 5.32 Å². The van der Waals surface area contributed by atoms with Gasteiger partial charge < -0.3 is 10.2 Å². The molecule has 2 fully saturated rings. The molecule has 1 N–H and O–H groups in total. The van der Waals surface area contributed by atoms with Crippen molar-refractivity contribution in [2.24, 2.45) is 0 Å². The van der Waals surface area contributed by atoms with Crippen LogP contribution in [0.25, 0.3) is 21.5 Å². The van der Waals surface area contributed by atoms with Gasteiger partial charge >= 0.3 is 0 Å². The zero-order valence-electron chi connectivity index (χ0n) is 19.0. The van der Waals surface area contributed by atoms with Crippen molar-refractivity contribution in [3.05, 3.63) is 96.1 Å². The van der Waals surface area contributed by atoms with Crippen LogP contribution in [0.1, 0.15) is 11.1 Å². The number of fused-ring (bicyclic) bond motifs is 3. The number of carbonyl (C=O) groups is 2. The minimum atomic E-state index is -0.505. The zero-order chi connectivity index (χ0) is 23.1. The molecule has 0 radical (unpaired) electrons. The van der Waals surface area contributed by atoms with Crippen molar-refractivity contribution in [2.75, 3.05) is 19.6 Å². The number of amides is 2. The molecule has 2 heterocycles. The van der Waals surface area contributed by atoms with Gasteiger partial charge in [0.1, 0.15) is 12.1 Å². The van der Waals surface area contributed by atoms with Gasteiger partial charge in [-0.1, -0.05) is 84.9 Å². The van der Waals surface area contributed by atoms with Gasteiger partial charge in [0.25, 0.3) is 0 Å². The molecular formula is C29H27N3O2. The smallest absolute Gasteiger partial charge is 0.246 e. The minimum absolute atomic E-state index is 0.0302. The highest BCUT2D eigenvalue weighted by Gasteiger charge is 2.43. The van der Waals surface area contributed by atoms with Crippen LogP contribution in [-0.2, 0) is 22.6 Å². The Morgan fingerprint density at radius 1 is 0.794 bits per heavy atom. The van der Waals surface area contributed by atoms with Crippen molar-refractivity contribution in [1.82, 2.24) is 15.1 Å². The van der Waals surface area contributed by atoms with Gasteiger partial charge in [-0.3, -0.25) is 14.5 Å². The first-order valence-electron chi connectivity index (χ1n) is 11.9. The lowest BCUT2D eigenvalue weighted by molar-refractivity contribution is -0.153. The fraction of sp³-hybridized carbons (Fsp3) is 0.241. The molecule has 34 heavy (non-hydrogen) atoms. The van der Waals surface area contributed by atoms with E-state index in [1.165, 1.54) is 21.7 Å². The van der Waals surface area contributed by atoms with Crippen molar-refractivity contribution >= 4 is 33.4 Å². The summed E-state index contributed by atoms with van der Waals surface area (Å²) in [4.78, 5) is 30.5. The summed E-state index contributed by atoms with van der Waals surface area (Å²) < 4.78 is 0. The lowest BCUT2D eigenvalue weighted by atomic mass is 9.96. The molecule has 4 aromatic rings. The molecule has 2 unspecified atom stereocenters. The average Bonchev–Trinajstić information content (AvgIpc) is 2.87. The maximum atomic E-state index is 13.3. The third kappa shape index (κ3) is 3.82. The minimum Gasteiger partial charge on any atom is -0.342 e. The normalized spacial score (nSPS) is 21.0. The van der Waals surface area contributed by atoms with Crippen molar-refractivity contribution in [1.29, 1.82) is 0 Å². The van der Waals surface area contributed by atoms with Crippen LogP contribution in [-0.4, -0.2) is 53.3 Å². The molecule has 2 saturated heterocycles. The van der Waals surface area contributed by atoms with Crippen molar-refractivity contribution in [3.8, 4) is 0 Å². The molecule has 2 atom stereocenters. The summed E-state index contributed by atoms with van der Waals surface area (Å²) >= 11 is 0. The Bertz CT molecular complexity index is 1390. The second-order valence-corrected chi connectivity index (χ2v) is 9.37. The topological polar surface area (TPSA) is 52.7 Å². The molecule has 0 aliphatic carbocycles. The van der Waals surface area contributed by atoms with Gasteiger partial charge in [-0.15, -0.1) is 0 Å². The van der Waals surface area contributed by atoms with Gasteiger partial charge in [0, 0.05) is 32.6 Å². The molecule has 5 heteroatoms. The van der Waals surface area contributed by atoms with E-state index in [1.807, 2.05) is 12.1 Å². The van der Waals surface area contributed by atoms with E-state index in [4.69, 9.17) is 0 Å². The summed E-state index contributed by atoms with van der Waals surface area (Å²) in [5.74, 6) is -0.0180. The number of hydrogen-bond donors (Lipinski definition) is 1. The Hall–Kier alpha value is -3.70. The Morgan fingerprint density at radius 3 is 2.44 bits per heavy atom. The van der Waals surface area contributed by atoms with Crippen molar-refractivity contribution < 1.29 is 9.59 Å². The van der Waals surface area contributed by atoms with E-state index in [0.29, 0.717) is 19.5 Å². The Morgan fingerprint density at radius 2 is 1.56 bits per heavy atom. The number of carbonyl (C=O) groups excluding carboxylic acids is 2. The van der Waals surface area contributed by atoms with E-state index in [1.54, 1.807) is 4.90 Å². The number of hydrogen-bond acceptors (Lipinski definition) is 3. The molecule has 0 spiro atoms. The fourth-order valence-electron chi connectivity index (χ4n) is 5.41. The molecule has 6 rings (SSSR count). The second-order valence-electron chi connectivity index (χ2n) is 9.37. The van der Waals surface area contributed by atoms with Crippen LogP contribution in [0, 0.1) is 0 Å². The predicted octanol–water partition coefficient (Wildman–Crippen LogP) is 3.75. The second kappa shape index (κ2) is 8.58. The van der Waals surface area contributed by atoms with Crippen molar-refractivity contribution in [3.63, 3.8) is 0 Å². The summed E-state index contributed by atoms with van der Waals surface area (Å²) in [7, 11) is 0. The molecule has 4 aromatic carbocycles. The maximum Gasteiger partial charge on any atom is 0.246 e. The molecular weight excluding hydrogens is 422 g/mol. The SMILES string of the molecule is O=C1NC(Cc2ccc3ccccc3c2)C(=O)N2CCN(Cc3cccc4ccccc34)CC12. The van der Waals surface area contributed by atoms with Gasteiger partial charge in [-0.25, -0.2) is 0 Å². The summed E-state index contributed by atoms with van der Waals surface area (Å²) in [6, 6.07) is 28.3. The first-order chi connectivity index (χ1) is 16.7. The first kappa shape index (κ1) is 20.9. The van der Waals surface area contributed by atoms with Gasteiger partial charge in [0.05, 0.1) is 0 Å². The van der Waals surface area contributed by atoms with Crippen LogP contribution in [0.4, 0.5) is 0 Å². The summed E-state index contributed by atoms with van der Waals surface area (Å²) in [6.07, 6.45) is 0.512. The van der Waals surface area contributed by atoms with E-state index in [2.05, 4.69) is 83.0 Å². The van der Waals surface area contributed by atoms with E-state index >= 15 is 0 Å². The monoisotopic (exact) mass is 449 g/mol. The fourth-order valence-corrected chi connectivity index (χ4v) is 5.41. The van der Waals surface area contributed by atoms with Gasteiger partial charge in [0.2, 0.25) is 11.8 Å². The van der Waals surface area contributed by atoms with Gasteiger partial charge in [0.15, 0.2) is 0 Å². The third-order valence-corrected chi connectivity index (χ3v) is 7.19. The number of benzene rings is 4. The average molecular weight is 450 g/mol. The highest BCUT2D eigenvalue weighted by molar-refractivity contribution is 5.97. The number of rotatable bonds is 4. The highest BCUT2D eigenvalue weighted by Crippen LogP contribution is 2.24. The van der Waals surface area contributed by atoms with Crippen LogP contribution in [0.2, 0.25) is 0 Å². The van der Waals surface area contributed by atoms with Gasteiger partial charge in [-0.05, 0) is 32.7 Å². The first-order valence-corrected chi connectivity index (χ1v) is 11.9. The summed E-state index contributed by atoms with van der Waals surface area (Å²) in [5.41, 5.74) is 2.31. The van der Waals surface area contributed by atoms with E-state index in [9.17, 15) is 9.59 Å². The number of nitrogens with one attached hydrogen (secondary N) is 1. The van der Waals surface area contributed by atoms with Gasteiger partial charge in [-0.2, -0.15) is 0 Å². The van der Waals surface area contributed by atoms with Crippen LogP contribution in [0.3, 0.4) is 0 Å². The molecule has 170 valence electrons. The van der Waals surface area contributed by atoms with E-state index in [-0.39, 0.29) is 11.8 Å². The lowest BCUT2D eigenvalue weighted by Gasteiger charge is -2.45. The quantitative estimate of drug-likeness (QED) is 0.516. The molecule has 2 aliphatic heterocycles. The number of piperazine rings is 2. The number of nitrogens with zero attached hydrogens (tertiary/aromatic N) is 2. The Labute approximate surface area is 199 Å². The Balaban J connectivity index is 1.16. The highest BCUT2D eigenvalue weighted by atomic mass is 16.2. The molecule has 0 bridgehead atoms. The van der Waals surface area contributed by atoms with E-state index < -0.39 is 12.1 Å². The van der Waals surface area contributed by atoms with Crippen LogP contribution in [0.15, 0.2) is 84.9 Å². The summed E-state index contributed by atoms with van der Waals surface area (Å²) in [5, 5.41) is 7.81. The lowest BCUT2D eigenvalue weighted by Crippen LogP contribution is -2.69. The zero-order valence-corrected chi connectivity index (χ0v) is 19.0. The van der Waals surface area contributed by atoms with Crippen LogP contribution >= 0.6 is 0 Å². The largest absolute Gasteiger partial charge is 0.342 e. The maximum absolute atomic E-state index is 13.3. The van der Waals surface area contributed by atoms with Crippen molar-refractivity contribution in [2.45, 2.75) is 25.0 Å². The standard InChI is InChI=1S/C29H27N3O2/c33-28-27-19-31(18-24-10-5-9-22-7-3-4-11-25(22)24)14-15-32(27)29(34)26(30-28)17-20-12-13-21-6-1-2-8-23(21)16-20/h1-13,16,26-27H,14-15,17-19H2,(H,30,33). The van der Waals surface area contributed by atoms with E-state index in [0.717, 1.165) is 24.0 Å². The molecule has 0 aromatic heterocycles. The van der Waals surface area contributed by atoms with Crippen LogP contribution in [0.5, 0.6) is 0 Å². The third-order valence-electron chi connectivity index (χ3n) is 7.19. The molecule has 5 nitrogen and oxygen atoms in total. The summed E-state index contributed by atoms with van der Waals surface area (Å²) in [6.45, 7) is 2.68. The predicted molar refractivity (Wildman–Crippen MR) is 134 cm³/mol.